The molecule has 1 fully saturated rings. The van der Waals surface area contributed by atoms with E-state index in [0.717, 1.165) is 25.0 Å². The second-order valence-corrected chi connectivity index (χ2v) is 5.49. The van der Waals surface area contributed by atoms with Crippen LogP contribution in [0.3, 0.4) is 0 Å². The van der Waals surface area contributed by atoms with Crippen molar-refractivity contribution < 1.29 is 4.74 Å². The summed E-state index contributed by atoms with van der Waals surface area (Å²) in [5.74, 6) is 6.25. The first kappa shape index (κ1) is 13.5. The predicted molar refractivity (Wildman–Crippen MR) is 80.1 cm³/mol. The number of hydrazine groups is 1. The van der Waals surface area contributed by atoms with E-state index in [2.05, 4.69) is 35.5 Å². The normalized spacial score (nSPS) is 24.1. The van der Waals surface area contributed by atoms with Gasteiger partial charge in [0.05, 0.1) is 11.6 Å². The number of para-hydroxylation sites is 1. The van der Waals surface area contributed by atoms with Crippen molar-refractivity contribution in [3.63, 3.8) is 0 Å². The summed E-state index contributed by atoms with van der Waals surface area (Å²) in [5, 5.41) is 1.21. The molecule has 1 aromatic heterocycles. The molecule has 0 aliphatic carbocycles. The minimum absolute atomic E-state index is 0.235. The number of ether oxygens (including phenoxy) is 1. The Bertz CT molecular complexity index is 581. The lowest BCUT2D eigenvalue weighted by atomic mass is 9.88. The summed E-state index contributed by atoms with van der Waals surface area (Å²) in [7, 11) is 0. The average molecular weight is 271 g/mol. The number of rotatable bonds is 4. The van der Waals surface area contributed by atoms with Crippen molar-refractivity contribution in [3.8, 4) is 0 Å². The molecule has 0 radical (unpaired) electrons. The third-order valence-electron chi connectivity index (χ3n) is 4.34. The van der Waals surface area contributed by atoms with E-state index in [-0.39, 0.29) is 12.1 Å². The summed E-state index contributed by atoms with van der Waals surface area (Å²) in [6.45, 7) is 2.97. The number of hydrogen-bond acceptors (Lipinski definition) is 4. The minimum Gasteiger partial charge on any atom is -0.378 e. The Morgan fingerprint density at radius 2 is 2.25 bits per heavy atom. The van der Waals surface area contributed by atoms with Gasteiger partial charge in [-0.25, -0.2) is 0 Å². The Balaban J connectivity index is 1.87. The molecule has 4 heteroatoms. The molecule has 4 nitrogen and oxygen atoms in total. The van der Waals surface area contributed by atoms with Crippen LogP contribution in [0.25, 0.3) is 10.9 Å². The van der Waals surface area contributed by atoms with Crippen molar-refractivity contribution in [1.82, 2.24) is 10.4 Å². The first-order chi connectivity index (χ1) is 9.79. The van der Waals surface area contributed by atoms with Crippen LogP contribution in [-0.2, 0) is 11.2 Å². The Morgan fingerprint density at radius 1 is 1.40 bits per heavy atom. The lowest BCUT2D eigenvalue weighted by Gasteiger charge is -2.25. The van der Waals surface area contributed by atoms with Gasteiger partial charge in [0.15, 0.2) is 0 Å². The predicted octanol–water partition coefficient (Wildman–Crippen LogP) is 2.03. The molecule has 1 aliphatic rings. The van der Waals surface area contributed by atoms with Crippen molar-refractivity contribution in [1.29, 1.82) is 0 Å². The zero-order chi connectivity index (χ0) is 13.9. The van der Waals surface area contributed by atoms with E-state index in [9.17, 15) is 0 Å². The highest BCUT2D eigenvalue weighted by molar-refractivity contribution is 5.81. The van der Waals surface area contributed by atoms with Gasteiger partial charge in [0, 0.05) is 30.1 Å². The second-order valence-electron chi connectivity index (χ2n) is 5.49. The van der Waals surface area contributed by atoms with Crippen molar-refractivity contribution in [2.24, 2.45) is 11.8 Å². The summed E-state index contributed by atoms with van der Waals surface area (Å²) in [4.78, 5) is 4.41. The minimum atomic E-state index is 0.235. The molecule has 1 saturated heterocycles. The van der Waals surface area contributed by atoms with Gasteiger partial charge in [-0.1, -0.05) is 18.2 Å². The molecular weight excluding hydrogens is 250 g/mol. The molecular formula is C16H21N3O. The highest BCUT2D eigenvalue weighted by Crippen LogP contribution is 2.27. The van der Waals surface area contributed by atoms with Crippen LogP contribution in [0.1, 0.15) is 18.9 Å². The van der Waals surface area contributed by atoms with Gasteiger partial charge < -0.3 is 4.74 Å². The van der Waals surface area contributed by atoms with Gasteiger partial charge in [-0.15, -0.1) is 0 Å². The van der Waals surface area contributed by atoms with Gasteiger partial charge in [0.25, 0.3) is 0 Å². The number of fused-ring (bicyclic) bond motifs is 1. The maximum atomic E-state index is 5.79. The van der Waals surface area contributed by atoms with E-state index < -0.39 is 0 Å². The lowest BCUT2D eigenvalue weighted by Crippen LogP contribution is -2.44. The molecule has 20 heavy (non-hydrogen) atoms. The fourth-order valence-electron chi connectivity index (χ4n) is 3.18. The van der Waals surface area contributed by atoms with E-state index >= 15 is 0 Å². The number of benzene rings is 1. The summed E-state index contributed by atoms with van der Waals surface area (Å²) < 4.78 is 5.67. The first-order valence-corrected chi connectivity index (χ1v) is 7.20. The molecule has 3 rings (SSSR count). The van der Waals surface area contributed by atoms with Gasteiger partial charge in [-0.2, -0.15) is 0 Å². The third-order valence-corrected chi connectivity index (χ3v) is 4.34. The van der Waals surface area contributed by atoms with E-state index in [1.54, 1.807) is 0 Å². The molecule has 0 spiro atoms. The molecule has 1 aromatic carbocycles. The highest BCUT2D eigenvalue weighted by atomic mass is 16.5. The van der Waals surface area contributed by atoms with Crippen molar-refractivity contribution in [2.75, 3.05) is 6.61 Å². The van der Waals surface area contributed by atoms with E-state index in [4.69, 9.17) is 10.6 Å². The number of nitrogens with one attached hydrogen (secondary N) is 1. The van der Waals surface area contributed by atoms with Crippen LogP contribution in [0.5, 0.6) is 0 Å². The highest BCUT2D eigenvalue weighted by Gasteiger charge is 2.31. The van der Waals surface area contributed by atoms with E-state index in [1.165, 1.54) is 10.9 Å². The second kappa shape index (κ2) is 5.87. The number of aromatic nitrogens is 1. The van der Waals surface area contributed by atoms with Crippen LogP contribution in [0.15, 0.2) is 36.5 Å². The largest absolute Gasteiger partial charge is 0.378 e. The Labute approximate surface area is 119 Å². The summed E-state index contributed by atoms with van der Waals surface area (Å²) in [6.07, 6.45) is 4.11. The molecule has 3 unspecified atom stereocenters. The van der Waals surface area contributed by atoms with Crippen LogP contribution < -0.4 is 11.3 Å². The standard InChI is InChI=1S/C16H21N3O/c1-11-13(7-9-20-11)16(19-17)10-12-6-8-18-15-5-3-2-4-14(12)15/h2-6,8,11,13,16,19H,7,9-10,17H2,1H3. The average Bonchev–Trinajstić information content (AvgIpc) is 2.91. The topological polar surface area (TPSA) is 60.2 Å². The third kappa shape index (κ3) is 2.54. The van der Waals surface area contributed by atoms with Crippen LogP contribution in [0.4, 0.5) is 0 Å². The van der Waals surface area contributed by atoms with Crippen LogP contribution in [-0.4, -0.2) is 23.7 Å². The zero-order valence-electron chi connectivity index (χ0n) is 11.8. The Morgan fingerprint density at radius 3 is 3.00 bits per heavy atom. The van der Waals surface area contributed by atoms with Gasteiger partial charge in [0.1, 0.15) is 0 Å². The molecule has 3 N–H and O–H groups in total. The molecule has 0 saturated carbocycles. The maximum absolute atomic E-state index is 5.79. The monoisotopic (exact) mass is 271 g/mol. The first-order valence-electron chi connectivity index (χ1n) is 7.20. The number of pyridine rings is 1. The summed E-state index contributed by atoms with van der Waals surface area (Å²) in [5.41, 5.74) is 5.32. The quantitative estimate of drug-likeness (QED) is 0.660. The molecule has 106 valence electrons. The van der Waals surface area contributed by atoms with Crippen molar-refractivity contribution in [3.05, 3.63) is 42.1 Å². The number of nitrogens with zero attached hydrogens (tertiary/aromatic N) is 1. The van der Waals surface area contributed by atoms with Gasteiger partial charge in [0.2, 0.25) is 0 Å². The summed E-state index contributed by atoms with van der Waals surface area (Å²) in [6, 6.07) is 10.6. The zero-order valence-corrected chi connectivity index (χ0v) is 11.8. The van der Waals surface area contributed by atoms with Gasteiger partial charge in [-0.05, 0) is 37.5 Å². The Hall–Kier alpha value is -1.49. The Kier molecular flexibility index (Phi) is 3.96. The number of nitrogens with two attached hydrogens (primary N) is 1. The fraction of sp³-hybridized carbons (Fsp3) is 0.438. The molecule has 0 amide bonds. The maximum Gasteiger partial charge on any atom is 0.0704 e. The lowest BCUT2D eigenvalue weighted by molar-refractivity contribution is 0.0954. The van der Waals surface area contributed by atoms with Gasteiger partial charge in [-0.3, -0.25) is 16.3 Å². The molecule has 2 heterocycles. The molecule has 2 aromatic rings. The molecule has 0 bridgehead atoms. The number of hydrogen-bond donors (Lipinski definition) is 2. The van der Waals surface area contributed by atoms with E-state index in [1.807, 2.05) is 18.3 Å². The van der Waals surface area contributed by atoms with Crippen LogP contribution in [0, 0.1) is 5.92 Å². The molecule has 3 atom stereocenters. The SMILES string of the molecule is CC1OCCC1C(Cc1ccnc2ccccc12)NN. The summed E-state index contributed by atoms with van der Waals surface area (Å²) >= 11 is 0. The van der Waals surface area contributed by atoms with Crippen molar-refractivity contribution >= 4 is 10.9 Å². The van der Waals surface area contributed by atoms with Gasteiger partial charge >= 0.3 is 0 Å². The van der Waals surface area contributed by atoms with Crippen LogP contribution in [0.2, 0.25) is 0 Å². The van der Waals surface area contributed by atoms with E-state index in [0.29, 0.717) is 5.92 Å². The molecule has 1 aliphatic heterocycles. The van der Waals surface area contributed by atoms with Crippen molar-refractivity contribution in [2.45, 2.75) is 31.9 Å². The fourth-order valence-corrected chi connectivity index (χ4v) is 3.18. The smallest absolute Gasteiger partial charge is 0.0704 e. The van der Waals surface area contributed by atoms with Crippen LogP contribution >= 0.6 is 0 Å².